The summed E-state index contributed by atoms with van der Waals surface area (Å²) in [6.45, 7) is 1.07. The Kier molecular flexibility index (Phi) is 5.52. The van der Waals surface area contributed by atoms with Crippen LogP contribution in [0.15, 0.2) is 24.3 Å². The van der Waals surface area contributed by atoms with Crippen LogP contribution in [-0.4, -0.2) is 43.4 Å². The summed E-state index contributed by atoms with van der Waals surface area (Å²) in [6.07, 6.45) is 0. The third-order valence-electron chi connectivity index (χ3n) is 2.99. The lowest BCUT2D eigenvalue weighted by Crippen LogP contribution is -2.14. The lowest BCUT2D eigenvalue weighted by atomic mass is 10.1. The third-order valence-corrected chi connectivity index (χ3v) is 4.30. The Labute approximate surface area is 129 Å². The summed E-state index contributed by atoms with van der Waals surface area (Å²) in [5.41, 5.74) is 1.96. The van der Waals surface area contributed by atoms with Crippen molar-refractivity contribution >= 4 is 34.3 Å². The fraction of sp³-hybridized carbons (Fsp3) is 0.400. The van der Waals surface area contributed by atoms with E-state index < -0.39 is 0 Å². The van der Waals surface area contributed by atoms with E-state index in [0.717, 1.165) is 40.3 Å². The molecule has 3 nitrogen and oxygen atoms in total. The van der Waals surface area contributed by atoms with Gasteiger partial charge in [0.1, 0.15) is 10.9 Å². The highest BCUT2D eigenvalue weighted by atomic mass is 35.5. The van der Waals surface area contributed by atoms with Crippen LogP contribution in [0.5, 0.6) is 5.75 Å². The Morgan fingerprint density at radius 3 is 2.80 bits per heavy atom. The van der Waals surface area contributed by atoms with E-state index in [1.807, 2.05) is 30.0 Å². The van der Waals surface area contributed by atoms with Crippen LogP contribution in [0.4, 0.5) is 0 Å². The number of hydrogen-bond acceptors (Lipinski definition) is 4. The standard InChI is InChI=1S/C15H19ClN2OS/c1-18(2)6-7-20-10-12-8-11-4-5-13(19-3)9-14(11)17-15(12)16/h4-5,8-9H,6-7,10H2,1-3H3. The monoisotopic (exact) mass is 310 g/mol. The minimum absolute atomic E-state index is 0.586. The molecule has 20 heavy (non-hydrogen) atoms. The second-order valence-electron chi connectivity index (χ2n) is 4.85. The third kappa shape index (κ3) is 4.01. The molecule has 1 heterocycles. The fourth-order valence-electron chi connectivity index (χ4n) is 1.82. The summed E-state index contributed by atoms with van der Waals surface area (Å²) >= 11 is 8.14. The average Bonchev–Trinajstić information content (AvgIpc) is 2.43. The SMILES string of the molecule is COc1ccc2cc(CSCCN(C)C)c(Cl)nc2c1. The van der Waals surface area contributed by atoms with Gasteiger partial charge in [0.05, 0.1) is 12.6 Å². The smallest absolute Gasteiger partial charge is 0.133 e. The van der Waals surface area contributed by atoms with Crippen LogP contribution in [-0.2, 0) is 5.75 Å². The Morgan fingerprint density at radius 2 is 2.10 bits per heavy atom. The van der Waals surface area contributed by atoms with Crippen LogP contribution >= 0.6 is 23.4 Å². The molecule has 5 heteroatoms. The van der Waals surface area contributed by atoms with Gasteiger partial charge in [-0.25, -0.2) is 4.98 Å². The van der Waals surface area contributed by atoms with Crippen molar-refractivity contribution in [3.8, 4) is 5.75 Å². The number of pyridine rings is 1. The number of hydrogen-bond donors (Lipinski definition) is 0. The molecule has 0 atom stereocenters. The first kappa shape index (κ1) is 15.4. The highest BCUT2D eigenvalue weighted by Crippen LogP contribution is 2.26. The Bertz CT molecular complexity index is 589. The van der Waals surface area contributed by atoms with E-state index in [1.165, 1.54) is 0 Å². The van der Waals surface area contributed by atoms with E-state index in [9.17, 15) is 0 Å². The fourth-order valence-corrected chi connectivity index (χ4v) is 3.19. The van der Waals surface area contributed by atoms with E-state index >= 15 is 0 Å². The van der Waals surface area contributed by atoms with Crippen molar-refractivity contribution in [1.29, 1.82) is 0 Å². The van der Waals surface area contributed by atoms with E-state index in [2.05, 4.69) is 30.0 Å². The van der Waals surface area contributed by atoms with Crippen LogP contribution in [0.2, 0.25) is 5.15 Å². The summed E-state index contributed by atoms with van der Waals surface area (Å²) in [5, 5.41) is 1.68. The van der Waals surface area contributed by atoms with Gasteiger partial charge in [0.15, 0.2) is 0 Å². The summed E-state index contributed by atoms with van der Waals surface area (Å²) in [7, 11) is 5.82. The summed E-state index contributed by atoms with van der Waals surface area (Å²) < 4.78 is 5.20. The highest BCUT2D eigenvalue weighted by Gasteiger charge is 2.06. The molecule has 0 amide bonds. The number of halogens is 1. The van der Waals surface area contributed by atoms with Gasteiger partial charge in [0.25, 0.3) is 0 Å². The first-order chi connectivity index (χ1) is 9.60. The van der Waals surface area contributed by atoms with Gasteiger partial charge in [-0.05, 0) is 32.3 Å². The molecule has 0 saturated carbocycles. The Morgan fingerprint density at radius 1 is 1.30 bits per heavy atom. The lowest BCUT2D eigenvalue weighted by molar-refractivity contribution is 0.415. The van der Waals surface area contributed by atoms with Crippen LogP contribution in [0.25, 0.3) is 10.9 Å². The second-order valence-corrected chi connectivity index (χ2v) is 6.32. The zero-order chi connectivity index (χ0) is 14.5. The van der Waals surface area contributed by atoms with Crippen molar-refractivity contribution < 1.29 is 4.74 Å². The summed E-state index contributed by atoms with van der Waals surface area (Å²) in [4.78, 5) is 6.64. The first-order valence-electron chi connectivity index (χ1n) is 6.46. The maximum absolute atomic E-state index is 6.26. The van der Waals surface area contributed by atoms with Crippen molar-refractivity contribution in [2.24, 2.45) is 0 Å². The minimum Gasteiger partial charge on any atom is -0.497 e. The predicted octanol–water partition coefficient (Wildman–Crippen LogP) is 3.69. The topological polar surface area (TPSA) is 25.4 Å². The molecule has 108 valence electrons. The summed E-state index contributed by atoms with van der Waals surface area (Å²) in [6, 6.07) is 7.99. The van der Waals surface area contributed by atoms with Gasteiger partial charge in [0, 0.05) is 35.1 Å². The van der Waals surface area contributed by atoms with Gasteiger partial charge in [-0.15, -0.1) is 0 Å². The number of ether oxygens (including phenoxy) is 1. The molecular weight excluding hydrogens is 292 g/mol. The van der Waals surface area contributed by atoms with E-state index in [4.69, 9.17) is 16.3 Å². The van der Waals surface area contributed by atoms with Crippen LogP contribution in [0, 0.1) is 0 Å². The minimum atomic E-state index is 0.586. The normalized spacial score (nSPS) is 11.2. The molecule has 0 aliphatic rings. The quantitative estimate of drug-likeness (QED) is 0.600. The van der Waals surface area contributed by atoms with Gasteiger partial charge in [-0.3, -0.25) is 0 Å². The predicted molar refractivity (Wildman–Crippen MR) is 88.0 cm³/mol. The maximum Gasteiger partial charge on any atom is 0.133 e. The Hall–Kier alpha value is -0.970. The largest absolute Gasteiger partial charge is 0.497 e. The molecule has 0 unspecified atom stereocenters. The molecule has 0 fully saturated rings. The molecule has 0 N–H and O–H groups in total. The number of benzene rings is 1. The van der Waals surface area contributed by atoms with Crippen molar-refractivity contribution in [3.05, 3.63) is 35.0 Å². The average molecular weight is 311 g/mol. The van der Waals surface area contributed by atoms with Crippen LogP contribution < -0.4 is 4.74 Å². The van der Waals surface area contributed by atoms with Crippen LogP contribution in [0.1, 0.15) is 5.56 Å². The van der Waals surface area contributed by atoms with E-state index in [-0.39, 0.29) is 0 Å². The molecule has 0 aliphatic heterocycles. The maximum atomic E-state index is 6.26. The van der Waals surface area contributed by atoms with Crippen LogP contribution in [0.3, 0.4) is 0 Å². The molecule has 0 saturated heterocycles. The van der Waals surface area contributed by atoms with Crippen molar-refractivity contribution in [1.82, 2.24) is 9.88 Å². The number of fused-ring (bicyclic) bond motifs is 1. The van der Waals surface area contributed by atoms with Gasteiger partial charge < -0.3 is 9.64 Å². The zero-order valence-electron chi connectivity index (χ0n) is 12.0. The number of nitrogens with zero attached hydrogens (tertiary/aromatic N) is 2. The van der Waals surface area contributed by atoms with Gasteiger partial charge in [-0.1, -0.05) is 11.6 Å². The number of aromatic nitrogens is 1. The number of thioether (sulfide) groups is 1. The van der Waals surface area contributed by atoms with E-state index in [1.54, 1.807) is 7.11 Å². The highest BCUT2D eigenvalue weighted by molar-refractivity contribution is 7.98. The first-order valence-corrected chi connectivity index (χ1v) is 7.99. The molecular formula is C15H19ClN2OS. The molecule has 2 aromatic rings. The van der Waals surface area contributed by atoms with Crippen molar-refractivity contribution in [2.45, 2.75) is 5.75 Å². The molecule has 2 rings (SSSR count). The van der Waals surface area contributed by atoms with E-state index in [0.29, 0.717) is 5.15 Å². The van der Waals surface area contributed by atoms with Crippen molar-refractivity contribution in [3.63, 3.8) is 0 Å². The molecule has 0 bridgehead atoms. The number of methoxy groups -OCH3 is 1. The Balaban J connectivity index is 2.12. The molecule has 0 radical (unpaired) electrons. The lowest BCUT2D eigenvalue weighted by Gasteiger charge is -2.10. The molecule has 0 spiro atoms. The summed E-state index contributed by atoms with van der Waals surface area (Å²) in [5.74, 6) is 2.78. The van der Waals surface area contributed by atoms with Crippen molar-refractivity contribution in [2.75, 3.05) is 33.5 Å². The second kappa shape index (κ2) is 7.16. The molecule has 0 aliphatic carbocycles. The zero-order valence-corrected chi connectivity index (χ0v) is 13.6. The van der Waals surface area contributed by atoms with Gasteiger partial charge in [-0.2, -0.15) is 11.8 Å². The van der Waals surface area contributed by atoms with Gasteiger partial charge in [0.2, 0.25) is 0 Å². The molecule has 1 aromatic carbocycles. The molecule has 1 aromatic heterocycles. The number of rotatable bonds is 6. The van der Waals surface area contributed by atoms with Gasteiger partial charge >= 0.3 is 0 Å².